The van der Waals surface area contributed by atoms with Gasteiger partial charge in [-0.2, -0.15) is 0 Å². The van der Waals surface area contributed by atoms with Gasteiger partial charge in [0.2, 0.25) is 0 Å². The van der Waals surface area contributed by atoms with Crippen molar-refractivity contribution in [3.63, 3.8) is 0 Å². The molecule has 0 saturated heterocycles. The van der Waals surface area contributed by atoms with E-state index < -0.39 is 0 Å². The van der Waals surface area contributed by atoms with Gasteiger partial charge in [-0.15, -0.1) is 0 Å². The molecule has 0 aromatic heterocycles. The molecule has 2 aliphatic rings. The van der Waals surface area contributed by atoms with E-state index in [0.29, 0.717) is 0 Å². The van der Waals surface area contributed by atoms with Crippen molar-refractivity contribution in [3.8, 4) is 0 Å². The maximum atomic E-state index is 12.6. The second-order valence-electron chi connectivity index (χ2n) is 5.24. The highest BCUT2D eigenvalue weighted by molar-refractivity contribution is 5.27. The fourth-order valence-corrected chi connectivity index (χ4v) is 1.83. The van der Waals surface area contributed by atoms with Crippen LogP contribution in [0, 0.1) is 0 Å². The zero-order chi connectivity index (χ0) is 13.7. The lowest BCUT2D eigenvalue weighted by Gasteiger charge is -2.08. The number of hydrogen-bond donors (Lipinski definition) is 0. The maximum absolute atomic E-state index is 12.6. The van der Waals surface area contributed by atoms with Crippen molar-refractivity contribution in [1.29, 1.82) is 0 Å². The van der Waals surface area contributed by atoms with E-state index in [0.717, 1.165) is 48.0 Å². The smallest absolute Gasteiger partial charge is 0.122 e. The van der Waals surface area contributed by atoms with Crippen LogP contribution < -0.4 is 0 Å². The van der Waals surface area contributed by atoms with E-state index in [4.69, 9.17) is 0 Å². The van der Waals surface area contributed by atoms with Crippen molar-refractivity contribution in [2.75, 3.05) is 0 Å². The Bertz CT molecular complexity index is 392. The first-order valence-electron chi connectivity index (χ1n) is 6.45. The molecule has 0 aromatic carbocycles. The van der Waals surface area contributed by atoms with Gasteiger partial charge >= 0.3 is 0 Å². The second kappa shape index (κ2) is 6.67. The minimum Gasteiger partial charge on any atom is -0.207 e. The number of allylic oxidation sites excluding steroid dienone is 8. The van der Waals surface area contributed by atoms with Crippen LogP contribution in [0.25, 0.3) is 0 Å². The quantitative estimate of drug-likeness (QED) is 0.500. The Morgan fingerprint density at radius 2 is 1.00 bits per heavy atom. The lowest BCUT2D eigenvalue weighted by Crippen LogP contribution is -1.90. The maximum Gasteiger partial charge on any atom is 0.122 e. The first-order chi connectivity index (χ1) is 8.40. The molecule has 2 rings (SSSR count). The van der Waals surface area contributed by atoms with Gasteiger partial charge in [-0.1, -0.05) is 11.1 Å². The van der Waals surface area contributed by atoms with Crippen molar-refractivity contribution >= 4 is 0 Å². The van der Waals surface area contributed by atoms with Gasteiger partial charge in [-0.3, -0.25) is 0 Å². The van der Waals surface area contributed by atoms with E-state index in [1.54, 1.807) is 12.2 Å². The summed E-state index contributed by atoms with van der Waals surface area (Å²) in [6.07, 6.45) is 7.10. The zero-order valence-corrected chi connectivity index (χ0v) is 11.7. The molecule has 2 aliphatic carbocycles. The summed E-state index contributed by atoms with van der Waals surface area (Å²) in [7, 11) is 0. The summed E-state index contributed by atoms with van der Waals surface area (Å²) in [5, 5.41) is 0. The van der Waals surface area contributed by atoms with Crippen molar-refractivity contribution in [2.45, 2.75) is 53.4 Å². The molecule has 0 aromatic rings. The molecule has 2 heteroatoms. The number of hydrogen-bond acceptors (Lipinski definition) is 0. The predicted molar refractivity (Wildman–Crippen MR) is 73.6 cm³/mol. The zero-order valence-electron chi connectivity index (χ0n) is 11.7. The molecule has 100 valence electrons. The van der Waals surface area contributed by atoms with Gasteiger partial charge in [0.05, 0.1) is 0 Å². The SMILES string of the molecule is CC1=CC(F)=C(C)CC1.CC1=CC(F)=C(C)CC1. The second-order valence-corrected chi connectivity index (χ2v) is 5.24. The highest BCUT2D eigenvalue weighted by Gasteiger charge is 2.06. The molecule has 0 saturated carbocycles. The van der Waals surface area contributed by atoms with Gasteiger partial charge in [-0.05, 0) is 76.7 Å². The van der Waals surface area contributed by atoms with E-state index in [-0.39, 0.29) is 11.7 Å². The van der Waals surface area contributed by atoms with Crippen LogP contribution >= 0.6 is 0 Å². The molecular weight excluding hydrogens is 230 g/mol. The Balaban J connectivity index is 0.000000180. The summed E-state index contributed by atoms with van der Waals surface area (Å²) in [5.41, 5.74) is 4.08. The Morgan fingerprint density at radius 1 is 0.667 bits per heavy atom. The van der Waals surface area contributed by atoms with Crippen LogP contribution in [-0.4, -0.2) is 0 Å². The molecule has 18 heavy (non-hydrogen) atoms. The van der Waals surface area contributed by atoms with E-state index >= 15 is 0 Å². The molecule has 0 nitrogen and oxygen atoms in total. The van der Waals surface area contributed by atoms with Crippen LogP contribution in [0.4, 0.5) is 8.78 Å². The summed E-state index contributed by atoms with van der Waals surface area (Å²) in [4.78, 5) is 0. The third-order valence-electron chi connectivity index (χ3n) is 3.35. The van der Waals surface area contributed by atoms with E-state index in [2.05, 4.69) is 0 Å². The standard InChI is InChI=1S/2C8H11F/c2*1-6-3-4-7(2)8(9)5-6/h2*5H,3-4H2,1-2H3. The van der Waals surface area contributed by atoms with Gasteiger partial charge < -0.3 is 0 Å². The minimum absolute atomic E-state index is 0.0289. The van der Waals surface area contributed by atoms with Crippen molar-refractivity contribution in [3.05, 3.63) is 46.1 Å². The topological polar surface area (TPSA) is 0 Å². The fourth-order valence-electron chi connectivity index (χ4n) is 1.83. The third-order valence-corrected chi connectivity index (χ3v) is 3.35. The monoisotopic (exact) mass is 252 g/mol. The van der Waals surface area contributed by atoms with Crippen LogP contribution in [0.1, 0.15) is 53.4 Å². The lowest BCUT2D eigenvalue weighted by atomic mass is 10.0. The minimum atomic E-state index is -0.0289. The van der Waals surface area contributed by atoms with Crippen molar-refractivity contribution in [2.24, 2.45) is 0 Å². The number of halogens is 2. The molecule has 0 radical (unpaired) electrons. The summed E-state index contributed by atoms with van der Waals surface area (Å²) in [6.45, 7) is 7.62. The largest absolute Gasteiger partial charge is 0.207 e. The average molecular weight is 252 g/mol. The Kier molecular flexibility index (Phi) is 5.52. The molecule has 0 heterocycles. The molecule has 0 amide bonds. The van der Waals surface area contributed by atoms with Crippen LogP contribution in [0.2, 0.25) is 0 Å². The summed E-state index contributed by atoms with van der Waals surface area (Å²) in [5.74, 6) is -0.0579. The highest BCUT2D eigenvalue weighted by atomic mass is 19.1. The fraction of sp³-hybridized carbons (Fsp3) is 0.500. The van der Waals surface area contributed by atoms with Crippen molar-refractivity contribution in [1.82, 2.24) is 0 Å². The number of rotatable bonds is 0. The van der Waals surface area contributed by atoms with E-state index in [1.165, 1.54) is 0 Å². The van der Waals surface area contributed by atoms with Crippen LogP contribution in [0.15, 0.2) is 46.1 Å². The summed E-state index contributed by atoms with van der Waals surface area (Å²) < 4.78 is 25.3. The lowest BCUT2D eigenvalue weighted by molar-refractivity contribution is 0.630. The molecule has 0 aliphatic heterocycles. The van der Waals surface area contributed by atoms with Gasteiger partial charge in [0.25, 0.3) is 0 Å². The normalized spacial score (nSPS) is 20.1. The molecule has 0 unspecified atom stereocenters. The Labute approximate surface area is 109 Å². The molecule has 0 spiro atoms. The van der Waals surface area contributed by atoms with Gasteiger partial charge in [0.15, 0.2) is 0 Å². The molecule has 0 bridgehead atoms. The first kappa shape index (κ1) is 14.9. The summed E-state index contributed by atoms with van der Waals surface area (Å²) in [6, 6.07) is 0. The predicted octanol–water partition coefficient (Wildman–Crippen LogP) is 5.94. The Morgan fingerprint density at radius 3 is 1.22 bits per heavy atom. The molecule has 0 atom stereocenters. The molecule has 0 N–H and O–H groups in total. The molecular formula is C16H22F2. The van der Waals surface area contributed by atoms with Crippen LogP contribution in [0.5, 0.6) is 0 Å². The first-order valence-corrected chi connectivity index (χ1v) is 6.45. The van der Waals surface area contributed by atoms with Crippen LogP contribution in [-0.2, 0) is 0 Å². The van der Waals surface area contributed by atoms with Gasteiger partial charge in [0, 0.05) is 0 Å². The Hall–Kier alpha value is -1.18. The highest BCUT2D eigenvalue weighted by Crippen LogP contribution is 2.24. The van der Waals surface area contributed by atoms with E-state index in [1.807, 2.05) is 27.7 Å². The van der Waals surface area contributed by atoms with Crippen LogP contribution in [0.3, 0.4) is 0 Å². The van der Waals surface area contributed by atoms with Crippen molar-refractivity contribution < 1.29 is 8.78 Å². The molecule has 0 fully saturated rings. The average Bonchev–Trinajstić information content (AvgIpc) is 2.30. The van der Waals surface area contributed by atoms with Gasteiger partial charge in [0.1, 0.15) is 11.7 Å². The summed E-state index contributed by atoms with van der Waals surface area (Å²) >= 11 is 0. The van der Waals surface area contributed by atoms with E-state index in [9.17, 15) is 8.78 Å². The third kappa shape index (κ3) is 4.59. The van der Waals surface area contributed by atoms with Gasteiger partial charge in [-0.25, -0.2) is 8.78 Å².